The van der Waals surface area contributed by atoms with E-state index < -0.39 is 0 Å². The fourth-order valence-electron chi connectivity index (χ4n) is 0.914. The van der Waals surface area contributed by atoms with Crippen molar-refractivity contribution in [1.82, 2.24) is 15.5 Å². The smallest absolute Gasteiger partial charge is 0.242 e. The monoisotopic (exact) mass is 185 g/mol. The lowest BCUT2D eigenvalue weighted by molar-refractivity contribution is 0.157. The van der Waals surface area contributed by atoms with Gasteiger partial charge in [-0.3, -0.25) is 0 Å². The molecule has 1 aromatic rings. The minimum absolute atomic E-state index is 0.376. The molecule has 1 N–H and O–H groups in total. The molecule has 74 valence electrons. The first kappa shape index (κ1) is 10.1. The van der Waals surface area contributed by atoms with Gasteiger partial charge in [0, 0.05) is 7.11 Å². The molecule has 5 heteroatoms. The van der Waals surface area contributed by atoms with Crippen LogP contribution in [0.15, 0.2) is 4.42 Å². The molecule has 0 aliphatic rings. The SMILES string of the molecule is CCCNCc1nnc(COC)o1. The van der Waals surface area contributed by atoms with Gasteiger partial charge in [0.25, 0.3) is 0 Å². The maximum atomic E-state index is 5.26. The second kappa shape index (κ2) is 5.66. The normalized spacial score (nSPS) is 10.6. The predicted molar refractivity (Wildman–Crippen MR) is 47.0 cm³/mol. The summed E-state index contributed by atoms with van der Waals surface area (Å²) in [5.74, 6) is 1.14. The minimum Gasteiger partial charge on any atom is -0.421 e. The Kier molecular flexibility index (Phi) is 4.42. The zero-order valence-electron chi connectivity index (χ0n) is 8.04. The quantitative estimate of drug-likeness (QED) is 0.661. The van der Waals surface area contributed by atoms with Crippen molar-refractivity contribution in [3.63, 3.8) is 0 Å². The van der Waals surface area contributed by atoms with Gasteiger partial charge in [0.05, 0.1) is 6.54 Å². The highest BCUT2D eigenvalue weighted by Gasteiger charge is 2.03. The predicted octanol–water partition coefficient (Wildman–Crippen LogP) is 0.716. The number of ether oxygens (including phenoxy) is 1. The summed E-state index contributed by atoms with van der Waals surface area (Å²) in [5, 5.41) is 10.8. The van der Waals surface area contributed by atoms with Crippen molar-refractivity contribution < 1.29 is 9.15 Å². The van der Waals surface area contributed by atoms with Crippen LogP contribution in [0.1, 0.15) is 25.1 Å². The third-order valence-electron chi connectivity index (χ3n) is 1.48. The van der Waals surface area contributed by atoms with Gasteiger partial charge in [-0.25, -0.2) is 0 Å². The summed E-state index contributed by atoms with van der Waals surface area (Å²) in [6.45, 7) is 4.07. The second-order valence-electron chi connectivity index (χ2n) is 2.70. The Morgan fingerprint density at radius 1 is 1.38 bits per heavy atom. The Hall–Kier alpha value is -0.940. The molecule has 0 aromatic carbocycles. The van der Waals surface area contributed by atoms with Crippen LogP contribution in [0.4, 0.5) is 0 Å². The van der Waals surface area contributed by atoms with Crippen molar-refractivity contribution in [2.24, 2.45) is 0 Å². The van der Waals surface area contributed by atoms with Crippen molar-refractivity contribution in [3.8, 4) is 0 Å². The van der Waals surface area contributed by atoms with E-state index in [-0.39, 0.29) is 0 Å². The molecule has 0 spiro atoms. The first-order chi connectivity index (χ1) is 6.36. The second-order valence-corrected chi connectivity index (χ2v) is 2.70. The third-order valence-corrected chi connectivity index (χ3v) is 1.48. The van der Waals surface area contributed by atoms with Gasteiger partial charge in [0.1, 0.15) is 6.61 Å². The Bertz CT molecular complexity index is 237. The molecular weight excluding hydrogens is 170 g/mol. The zero-order valence-corrected chi connectivity index (χ0v) is 8.04. The molecule has 0 aliphatic carbocycles. The number of methoxy groups -OCH3 is 1. The Balaban J connectivity index is 2.31. The standard InChI is InChI=1S/C8H15N3O2/c1-3-4-9-5-7-10-11-8(13-7)6-12-2/h9H,3-6H2,1-2H3. The Morgan fingerprint density at radius 2 is 2.15 bits per heavy atom. The molecule has 0 fully saturated rings. The van der Waals surface area contributed by atoms with Crippen LogP contribution < -0.4 is 5.32 Å². The number of nitrogens with zero attached hydrogens (tertiary/aromatic N) is 2. The lowest BCUT2D eigenvalue weighted by atomic mass is 10.5. The molecule has 1 heterocycles. The highest BCUT2D eigenvalue weighted by atomic mass is 16.5. The van der Waals surface area contributed by atoms with Crippen LogP contribution in [0.3, 0.4) is 0 Å². The topological polar surface area (TPSA) is 60.2 Å². The molecule has 0 aliphatic heterocycles. The summed E-state index contributed by atoms with van der Waals surface area (Å²) in [7, 11) is 1.60. The number of nitrogens with one attached hydrogen (secondary N) is 1. The maximum absolute atomic E-state index is 5.26. The van der Waals surface area contributed by atoms with Crippen molar-refractivity contribution in [2.75, 3.05) is 13.7 Å². The molecule has 0 unspecified atom stereocenters. The molecule has 0 saturated heterocycles. The van der Waals surface area contributed by atoms with E-state index in [4.69, 9.17) is 9.15 Å². The van der Waals surface area contributed by atoms with Crippen LogP contribution in [0, 0.1) is 0 Å². The molecule has 0 saturated carbocycles. The number of hydrogen-bond donors (Lipinski definition) is 1. The lowest BCUT2D eigenvalue weighted by Gasteiger charge is -1.96. The van der Waals surface area contributed by atoms with Crippen molar-refractivity contribution in [2.45, 2.75) is 26.5 Å². The maximum Gasteiger partial charge on any atom is 0.242 e. The molecule has 0 atom stereocenters. The van der Waals surface area contributed by atoms with Crippen LogP contribution >= 0.6 is 0 Å². The van der Waals surface area contributed by atoms with Crippen LogP contribution in [0.5, 0.6) is 0 Å². The highest BCUT2D eigenvalue weighted by Crippen LogP contribution is 1.99. The molecule has 0 radical (unpaired) electrons. The van der Waals surface area contributed by atoms with Gasteiger partial charge < -0.3 is 14.5 Å². The first-order valence-electron chi connectivity index (χ1n) is 4.37. The largest absolute Gasteiger partial charge is 0.421 e. The summed E-state index contributed by atoms with van der Waals surface area (Å²) >= 11 is 0. The Morgan fingerprint density at radius 3 is 2.85 bits per heavy atom. The van der Waals surface area contributed by atoms with E-state index in [1.807, 2.05) is 0 Å². The fraction of sp³-hybridized carbons (Fsp3) is 0.750. The summed E-state index contributed by atoms with van der Waals surface area (Å²) in [5.41, 5.74) is 0. The average molecular weight is 185 g/mol. The summed E-state index contributed by atoms with van der Waals surface area (Å²) in [4.78, 5) is 0. The van der Waals surface area contributed by atoms with E-state index in [1.165, 1.54) is 0 Å². The van der Waals surface area contributed by atoms with Gasteiger partial charge in [-0.15, -0.1) is 10.2 Å². The van der Waals surface area contributed by atoms with Gasteiger partial charge in [-0.05, 0) is 13.0 Å². The molecule has 0 bridgehead atoms. The summed E-state index contributed by atoms with van der Waals surface area (Å²) in [6, 6.07) is 0. The van der Waals surface area contributed by atoms with Crippen LogP contribution in [0.25, 0.3) is 0 Å². The highest BCUT2D eigenvalue weighted by molar-refractivity contribution is 4.79. The van der Waals surface area contributed by atoms with Crippen molar-refractivity contribution in [3.05, 3.63) is 11.8 Å². The van der Waals surface area contributed by atoms with Crippen molar-refractivity contribution >= 4 is 0 Å². The van der Waals surface area contributed by atoms with Gasteiger partial charge >= 0.3 is 0 Å². The van der Waals surface area contributed by atoms with Gasteiger partial charge in [-0.1, -0.05) is 6.92 Å². The molecule has 1 aromatic heterocycles. The van der Waals surface area contributed by atoms with E-state index >= 15 is 0 Å². The zero-order chi connectivity index (χ0) is 9.52. The molecule has 5 nitrogen and oxygen atoms in total. The van der Waals surface area contributed by atoms with E-state index in [0.717, 1.165) is 13.0 Å². The van der Waals surface area contributed by atoms with Gasteiger partial charge in [-0.2, -0.15) is 0 Å². The molecular formula is C8H15N3O2. The fourth-order valence-corrected chi connectivity index (χ4v) is 0.914. The Labute approximate surface area is 77.5 Å². The summed E-state index contributed by atoms with van der Waals surface area (Å²) in [6.07, 6.45) is 1.10. The van der Waals surface area contributed by atoms with E-state index in [1.54, 1.807) is 7.11 Å². The summed E-state index contributed by atoms with van der Waals surface area (Å²) < 4.78 is 10.1. The average Bonchev–Trinajstić information content (AvgIpc) is 2.54. The number of rotatable bonds is 6. The van der Waals surface area contributed by atoms with E-state index in [9.17, 15) is 0 Å². The van der Waals surface area contributed by atoms with E-state index in [0.29, 0.717) is 24.9 Å². The van der Waals surface area contributed by atoms with E-state index in [2.05, 4.69) is 22.4 Å². The lowest BCUT2D eigenvalue weighted by Crippen LogP contribution is -2.13. The van der Waals surface area contributed by atoms with Crippen LogP contribution in [-0.2, 0) is 17.9 Å². The molecule has 1 rings (SSSR count). The van der Waals surface area contributed by atoms with Crippen LogP contribution in [-0.4, -0.2) is 23.9 Å². The van der Waals surface area contributed by atoms with Gasteiger partial charge in [0.2, 0.25) is 11.8 Å². The van der Waals surface area contributed by atoms with Crippen LogP contribution in [0.2, 0.25) is 0 Å². The third kappa shape index (κ3) is 3.52. The molecule has 0 amide bonds. The van der Waals surface area contributed by atoms with Crippen molar-refractivity contribution in [1.29, 1.82) is 0 Å². The number of hydrogen-bond acceptors (Lipinski definition) is 5. The number of aromatic nitrogens is 2. The minimum atomic E-state index is 0.376. The molecule has 13 heavy (non-hydrogen) atoms. The first-order valence-corrected chi connectivity index (χ1v) is 4.37. The van der Waals surface area contributed by atoms with Gasteiger partial charge in [0.15, 0.2) is 0 Å².